The van der Waals surface area contributed by atoms with Gasteiger partial charge in [-0.2, -0.15) is 5.26 Å². The molecule has 70 valence electrons. The zero-order chi connectivity index (χ0) is 9.61. The van der Waals surface area contributed by atoms with Gasteiger partial charge in [-0.25, -0.2) is 0 Å². The zero-order valence-corrected chi connectivity index (χ0v) is 8.65. The average Bonchev–Trinajstić information content (AvgIpc) is 2.04. The molecule has 0 spiro atoms. The standard InChI is InChI=1S/C10H20N2/c1-5-9(2)12-7-6-10(3,4)8-11/h9,12H,5-7H2,1-4H3. The Morgan fingerprint density at radius 3 is 2.50 bits per heavy atom. The lowest BCUT2D eigenvalue weighted by molar-refractivity contribution is 0.410. The number of hydrogen-bond acceptors (Lipinski definition) is 2. The molecular weight excluding hydrogens is 148 g/mol. The minimum absolute atomic E-state index is 0.180. The van der Waals surface area contributed by atoms with Gasteiger partial charge in [-0.3, -0.25) is 0 Å². The third-order valence-electron chi connectivity index (χ3n) is 2.16. The molecule has 0 aliphatic rings. The van der Waals surface area contributed by atoms with Crippen LogP contribution in [0.1, 0.15) is 40.5 Å². The second-order valence-electron chi connectivity index (χ2n) is 4.01. The minimum Gasteiger partial charge on any atom is -0.314 e. The van der Waals surface area contributed by atoms with Gasteiger partial charge in [-0.05, 0) is 40.2 Å². The van der Waals surface area contributed by atoms with Gasteiger partial charge in [0.05, 0.1) is 11.5 Å². The lowest BCUT2D eigenvalue weighted by Gasteiger charge is -2.17. The summed E-state index contributed by atoms with van der Waals surface area (Å²) in [5.41, 5.74) is -0.180. The van der Waals surface area contributed by atoms with Crippen LogP contribution in [0, 0.1) is 16.7 Å². The van der Waals surface area contributed by atoms with Crippen LogP contribution in [0.2, 0.25) is 0 Å². The quantitative estimate of drug-likeness (QED) is 0.683. The van der Waals surface area contributed by atoms with Crippen LogP contribution in [0.5, 0.6) is 0 Å². The van der Waals surface area contributed by atoms with Gasteiger partial charge in [-0.15, -0.1) is 0 Å². The minimum atomic E-state index is -0.180. The summed E-state index contributed by atoms with van der Waals surface area (Å²) >= 11 is 0. The molecule has 1 unspecified atom stereocenters. The molecule has 0 radical (unpaired) electrons. The van der Waals surface area contributed by atoms with E-state index >= 15 is 0 Å². The molecule has 0 aliphatic heterocycles. The van der Waals surface area contributed by atoms with E-state index in [9.17, 15) is 0 Å². The second kappa shape index (κ2) is 5.16. The highest BCUT2D eigenvalue weighted by Gasteiger charge is 2.15. The Bertz CT molecular complexity index is 156. The fraction of sp³-hybridized carbons (Fsp3) is 0.900. The third-order valence-corrected chi connectivity index (χ3v) is 2.16. The van der Waals surface area contributed by atoms with Gasteiger partial charge in [0.1, 0.15) is 0 Å². The predicted octanol–water partition coefficient (Wildman–Crippen LogP) is 2.31. The highest BCUT2D eigenvalue weighted by atomic mass is 14.9. The predicted molar refractivity (Wildman–Crippen MR) is 51.8 cm³/mol. The van der Waals surface area contributed by atoms with E-state index in [1.54, 1.807) is 0 Å². The SMILES string of the molecule is CCC(C)NCCC(C)(C)C#N. The molecule has 12 heavy (non-hydrogen) atoms. The first-order chi connectivity index (χ1) is 5.52. The molecule has 0 saturated heterocycles. The van der Waals surface area contributed by atoms with Crippen LogP contribution >= 0.6 is 0 Å². The van der Waals surface area contributed by atoms with Crippen molar-refractivity contribution >= 4 is 0 Å². The molecule has 1 N–H and O–H groups in total. The molecule has 0 rings (SSSR count). The Kier molecular flexibility index (Phi) is 4.92. The Labute approximate surface area is 76.0 Å². The van der Waals surface area contributed by atoms with Crippen molar-refractivity contribution in [3.63, 3.8) is 0 Å². The lowest BCUT2D eigenvalue weighted by atomic mass is 9.91. The molecule has 2 heteroatoms. The zero-order valence-electron chi connectivity index (χ0n) is 8.65. The molecule has 0 bridgehead atoms. The lowest BCUT2D eigenvalue weighted by Crippen LogP contribution is -2.28. The van der Waals surface area contributed by atoms with Crippen LogP contribution in [0.15, 0.2) is 0 Å². The molecular formula is C10H20N2. The first kappa shape index (κ1) is 11.4. The smallest absolute Gasteiger partial charge is 0.0684 e. The topological polar surface area (TPSA) is 35.8 Å². The maximum absolute atomic E-state index is 8.74. The largest absolute Gasteiger partial charge is 0.314 e. The highest BCUT2D eigenvalue weighted by molar-refractivity contribution is 4.91. The van der Waals surface area contributed by atoms with E-state index < -0.39 is 0 Å². The Balaban J connectivity index is 3.51. The number of nitriles is 1. The third kappa shape index (κ3) is 5.15. The van der Waals surface area contributed by atoms with Gasteiger partial charge >= 0.3 is 0 Å². The molecule has 0 aromatic carbocycles. The Hall–Kier alpha value is -0.550. The Morgan fingerprint density at radius 1 is 1.50 bits per heavy atom. The fourth-order valence-electron chi connectivity index (χ4n) is 0.831. The highest BCUT2D eigenvalue weighted by Crippen LogP contribution is 2.17. The van der Waals surface area contributed by atoms with E-state index in [0.29, 0.717) is 6.04 Å². The Morgan fingerprint density at radius 2 is 2.08 bits per heavy atom. The second-order valence-corrected chi connectivity index (χ2v) is 4.01. The van der Waals surface area contributed by atoms with Crippen molar-refractivity contribution in [2.75, 3.05) is 6.54 Å². The van der Waals surface area contributed by atoms with Gasteiger partial charge in [-0.1, -0.05) is 6.92 Å². The summed E-state index contributed by atoms with van der Waals surface area (Å²) in [4.78, 5) is 0. The summed E-state index contributed by atoms with van der Waals surface area (Å²) in [5, 5.41) is 12.1. The number of rotatable bonds is 5. The molecule has 0 aliphatic carbocycles. The number of hydrogen-bond donors (Lipinski definition) is 1. The van der Waals surface area contributed by atoms with Crippen molar-refractivity contribution in [1.82, 2.24) is 5.32 Å². The fourth-order valence-corrected chi connectivity index (χ4v) is 0.831. The van der Waals surface area contributed by atoms with Crippen molar-refractivity contribution in [3.05, 3.63) is 0 Å². The molecule has 0 heterocycles. The van der Waals surface area contributed by atoms with Gasteiger partial charge < -0.3 is 5.32 Å². The van der Waals surface area contributed by atoms with Crippen LogP contribution < -0.4 is 5.32 Å². The molecule has 0 amide bonds. The summed E-state index contributed by atoms with van der Waals surface area (Å²) in [6.07, 6.45) is 2.07. The maximum Gasteiger partial charge on any atom is 0.0684 e. The van der Waals surface area contributed by atoms with E-state index in [2.05, 4.69) is 25.2 Å². The van der Waals surface area contributed by atoms with Crippen molar-refractivity contribution in [3.8, 4) is 6.07 Å². The van der Waals surface area contributed by atoms with E-state index in [0.717, 1.165) is 19.4 Å². The molecule has 0 aromatic heterocycles. The van der Waals surface area contributed by atoms with Crippen LogP contribution in [-0.2, 0) is 0 Å². The van der Waals surface area contributed by atoms with Gasteiger partial charge in [0.15, 0.2) is 0 Å². The molecule has 0 fully saturated rings. The summed E-state index contributed by atoms with van der Waals surface area (Å²) in [7, 11) is 0. The van der Waals surface area contributed by atoms with Crippen molar-refractivity contribution in [2.24, 2.45) is 5.41 Å². The van der Waals surface area contributed by atoms with Crippen LogP contribution in [0.3, 0.4) is 0 Å². The van der Waals surface area contributed by atoms with E-state index in [1.165, 1.54) is 0 Å². The first-order valence-electron chi connectivity index (χ1n) is 4.66. The monoisotopic (exact) mass is 168 g/mol. The summed E-state index contributed by atoms with van der Waals surface area (Å²) in [6.45, 7) is 9.22. The first-order valence-corrected chi connectivity index (χ1v) is 4.66. The number of nitrogens with zero attached hydrogens (tertiary/aromatic N) is 1. The van der Waals surface area contributed by atoms with E-state index in [4.69, 9.17) is 5.26 Å². The van der Waals surface area contributed by atoms with Crippen LogP contribution in [-0.4, -0.2) is 12.6 Å². The molecule has 0 saturated carbocycles. The van der Waals surface area contributed by atoms with Crippen molar-refractivity contribution < 1.29 is 0 Å². The maximum atomic E-state index is 8.74. The summed E-state index contributed by atoms with van der Waals surface area (Å²) in [5.74, 6) is 0. The van der Waals surface area contributed by atoms with Gasteiger partial charge in [0.25, 0.3) is 0 Å². The van der Waals surface area contributed by atoms with Crippen molar-refractivity contribution in [1.29, 1.82) is 5.26 Å². The summed E-state index contributed by atoms with van der Waals surface area (Å²) in [6, 6.07) is 2.86. The normalized spacial score (nSPS) is 13.9. The van der Waals surface area contributed by atoms with Gasteiger partial charge in [0.2, 0.25) is 0 Å². The van der Waals surface area contributed by atoms with Crippen LogP contribution in [0.25, 0.3) is 0 Å². The van der Waals surface area contributed by atoms with Crippen molar-refractivity contribution in [2.45, 2.75) is 46.6 Å². The molecule has 2 nitrogen and oxygen atoms in total. The van der Waals surface area contributed by atoms with E-state index in [-0.39, 0.29) is 5.41 Å². The van der Waals surface area contributed by atoms with Crippen LogP contribution in [0.4, 0.5) is 0 Å². The average molecular weight is 168 g/mol. The molecule has 1 atom stereocenters. The molecule has 0 aromatic rings. The van der Waals surface area contributed by atoms with E-state index in [1.807, 2.05) is 13.8 Å². The summed E-state index contributed by atoms with van der Waals surface area (Å²) < 4.78 is 0. The number of nitrogens with one attached hydrogen (secondary N) is 1. The van der Waals surface area contributed by atoms with Gasteiger partial charge in [0, 0.05) is 6.04 Å².